The predicted octanol–water partition coefficient (Wildman–Crippen LogP) is 2.85. The second kappa shape index (κ2) is 8.29. The maximum atomic E-state index is 12.4. The van der Waals surface area contributed by atoms with E-state index in [9.17, 15) is 9.59 Å². The molecule has 2 heterocycles. The summed E-state index contributed by atoms with van der Waals surface area (Å²) in [6.45, 7) is 6.08. The first-order valence-corrected chi connectivity index (χ1v) is 8.68. The van der Waals surface area contributed by atoms with Crippen molar-refractivity contribution in [1.29, 1.82) is 0 Å². The molecule has 1 aliphatic heterocycles. The number of amides is 2. The maximum absolute atomic E-state index is 12.4. The first-order chi connectivity index (χ1) is 12.7. The van der Waals surface area contributed by atoms with Crippen molar-refractivity contribution in [3.8, 4) is 0 Å². The fourth-order valence-corrected chi connectivity index (χ4v) is 2.89. The standard InChI is InChI=1S/C20H22N4O2/c1-2-9-22-19(25)15-12-16(14-21-13-15)20(26)23-17-5-7-18(8-6-17)24-10-3-4-11-24/h2,5-8,12-14H,1,3-4,9-11H2,(H,22,25)(H,23,26). The average molecular weight is 350 g/mol. The van der Waals surface area contributed by atoms with Gasteiger partial charge in [-0.25, -0.2) is 0 Å². The van der Waals surface area contributed by atoms with Crippen LogP contribution in [0.25, 0.3) is 0 Å². The summed E-state index contributed by atoms with van der Waals surface area (Å²) in [4.78, 5) is 30.7. The van der Waals surface area contributed by atoms with Gasteiger partial charge in [0.25, 0.3) is 11.8 Å². The number of pyridine rings is 1. The van der Waals surface area contributed by atoms with E-state index in [4.69, 9.17) is 0 Å². The minimum atomic E-state index is -0.301. The molecule has 0 aliphatic carbocycles. The van der Waals surface area contributed by atoms with E-state index >= 15 is 0 Å². The van der Waals surface area contributed by atoms with Crippen LogP contribution in [-0.2, 0) is 0 Å². The van der Waals surface area contributed by atoms with Crippen molar-refractivity contribution in [2.24, 2.45) is 0 Å². The summed E-state index contributed by atoms with van der Waals surface area (Å²) >= 11 is 0. The fraction of sp³-hybridized carbons (Fsp3) is 0.250. The van der Waals surface area contributed by atoms with Gasteiger partial charge in [0.15, 0.2) is 0 Å². The number of nitrogens with zero attached hydrogens (tertiary/aromatic N) is 2. The Bertz CT molecular complexity index is 796. The molecule has 6 nitrogen and oxygen atoms in total. The van der Waals surface area contributed by atoms with Gasteiger partial charge in [-0.05, 0) is 43.2 Å². The van der Waals surface area contributed by atoms with Crippen LogP contribution in [0.1, 0.15) is 33.6 Å². The van der Waals surface area contributed by atoms with Crippen molar-refractivity contribution >= 4 is 23.2 Å². The van der Waals surface area contributed by atoms with Crippen LogP contribution in [0.3, 0.4) is 0 Å². The Morgan fingerprint density at radius 2 is 1.73 bits per heavy atom. The molecule has 1 fully saturated rings. The van der Waals surface area contributed by atoms with E-state index in [-0.39, 0.29) is 11.8 Å². The highest BCUT2D eigenvalue weighted by Crippen LogP contribution is 2.22. The number of aromatic nitrogens is 1. The third kappa shape index (κ3) is 4.27. The summed E-state index contributed by atoms with van der Waals surface area (Å²) in [7, 11) is 0. The Labute approximate surface area is 152 Å². The lowest BCUT2D eigenvalue weighted by Crippen LogP contribution is -2.24. The third-order valence-electron chi connectivity index (χ3n) is 4.27. The molecule has 0 unspecified atom stereocenters. The fourth-order valence-electron chi connectivity index (χ4n) is 2.89. The average Bonchev–Trinajstić information content (AvgIpc) is 3.21. The number of nitrogens with one attached hydrogen (secondary N) is 2. The molecule has 0 bridgehead atoms. The van der Waals surface area contributed by atoms with E-state index in [1.807, 2.05) is 24.3 Å². The molecule has 1 aromatic carbocycles. The van der Waals surface area contributed by atoms with Gasteiger partial charge in [0.05, 0.1) is 11.1 Å². The molecule has 2 N–H and O–H groups in total. The summed E-state index contributed by atoms with van der Waals surface area (Å²) in [5.74, 6) is -0.591. The van der Waals surface area contributed by atoms with Gasteiger partial charge >= 0.3 is 0 Å². The summed E-state index contributed by atoms with van der Waals surface area (Å²) in [6.07, 6.45) is 6.91. The number of anilines is 2. The number of rotatable bonds is 6. The SMILES string of the molecule is C=CCNC(=O)c1cncc(C(=O)Nc2ccc(N3CCCC3)cc2)c1. The first-order valence-electron chi connectivity index (χ1n) is 8.68. The highest BCUT2D eigenvalue weighted by Gasteiger charge is 2.13. The van der Waals surface area contributed by atoms with Crippen LogP contribution in [0, 0.1) is 0 Å². The monoisotopic (exact) mass is 350 g/mol. The zero-order valence-electron chi connectivity index (χ0n) is 14.6. The minimum absolute atomic E-state index is 0.290. The van der Waals surface area contributed by atoms with Crippen LogP contribution >= 0.6 is 0 Å². The highest BCUT2D eigenvalue weighted by molar-refractivity contribution is 6.05. The zero-order chi connectivity index (χ0) is 18.4. The lowest BCUT2D eigenvalue weighted by atomic mass is 10.1. The maximum Gasteiger partial charge on any atom is 0.257 e. The number of hydrogen-bond donors (Lipinski definition) is 2. The third-order valence-corrected chi connectivity index (χ3v) is 4.27. The van der Waals surface area contributed by atoms with Gasteiger partial charge in [0.2, 0.25) is 0 Å². The smallest absolute Gasteiger partial charge is 0.257 e. The van der Waals surface area contributed by atoms with Crippen molar-refractivity contribution in [3.05, 3.63) is 66.5 Å². The Hall–Kier alpha value is -3.15. The largest absolute Gasteiger partial charge is 0.372 e. The van der Waals surface area contributed by atoms with Gasteiger partial charge in [-0.1, -0.05) is 6.08 Å². The molecular formula is C20H22N4O2. The molecule has 0 spiro atoms. The summed E-state index contributed by atoms with van der Waals surface area (Å²) in [6, 6.07) is 9.33. The molecular weight excluding hydrogens is 328 g/mol. The normalized spacial score (nSPS) is 13.3. The molecule has 0 radical (unpaired) electrons. The molecule has 3 rings (SSSR count). The van der Waals surface area contributed by atoms with Crippen molar-refractivity contribution in [2.45, 2.75) is 12.8 Å². The molecule has 2 aromatic rings. The van der Waals surface area contributed by atoms with Gasteiger partial charge in [0, 0.05) is 43.4 Å². The first kappa shape index (κ1) is 17.7. The van der Waals surface area contributed by atoms with E-state index in [0.29, 0.717) is 23.4 Å². The van der Waals surface area contributed by atoms with Crippen LogP contribution in [0.4, 0.5) is 11.4 Å². The molecule has 1 aliphatic rings. The Morgan fingerprint density at radius 1 is 1.08 bits per heavy atom. The van der Waals surface area contributed by atoms with Crippen molar-refractivity contribution in [2.75, 3.05) is 29.9 Å². The van der Waals surface area contributed by atoms with E-state index in [2.05, 4.69) is 27.1 Å². The zero-order valence-corrected chi connectivity index (χ0v) is 14.6. The van der Waals surface area contributed by atoms with Crippen LogP contribution in [0.15, 0.2) is 55.4 Å². The summed E-state index contributed by atoms with van der Waals surface area (Å²) < 4.78 is 0. The molecule has 0 atom stereocenters. The number of hydrogen-bond acceptors (Lipinski definition) is 4. The van der Waals surface area contributed by atoms with Crippen molar-refractivity contribution in [1.82, 2.24) is 10.3 Å². The van der Waals surface area contributed by atoms with Gasteiger partial charge in [-0.3, -0.25) is 14.6 Å². The van der Waals surface area contributed by atoms with Crippen molar-refractivity contribution < 1.29 is 9.59 Å². The van der Waals surface area contributed by atoms with Gasteiger partial charge in [-0.2, -0.15) is 0 Å². The van der Waals surface area contributed by atoms with Crippen LogP contribution in [0.2, 0.25) is 0 Å². The second-order valence-electron chi connectivity index (χ2n) is 6.16. The van der Waals surface area contributed by atoms with E-state index in [0.717, 1.165) is 13.1 Å². The van der Waals surface area contributed by atoms with Gasteiger partial charge in [0.1, 0.15) is 0 Å². The molecule has 2 amide bonds. The summed E-state index contributed by atoms with van der Waals surface area (Å²) in [5, 5.41) is 5.50. The lowest BCUT2D eigenvalue weighted by molar-refractivity contribution is 0.0957. The number of benzene rings is 1. The minimum Gasteiger partial charge on any atom is -0.372 e. The van der Waals surface area contributed by atoms with Crippen LogP contribution < -0.4 is 15.5 Å². The van der Waals surface area contributed by atoms with Gasteiger partial charge < -0.3 is 15.5 Å². The van der Waals surface area contributed by atoms with Crippen LogP contribution in [0.5, 0.6) is 0 Å². The predicted molar refractivity (Wildman–Crippen MR) is 103 cm³/mol. The highest BCUT2D eigenvalue weighted by atomic mass is 16.2. The molecule has 6 heteroatoms. The quantitative estimate of drug-likeness (QED) is 0.786. The van der Waals surface area contributed by atoms with E-state index < -0.39 is 0 Å². The topological polar surface area (TPSA) is 74.3 Å². The molecule has 26 heavy (non-hydrogen) atoms. The number of carbonyl (C=O) groups is 2. The Morgan fingerprint density at radius 3 is 2.38 bits per heavy atom. The van der Waals surface area contributed by atoms with E-state index in [1.165, 1.54) is 37.0 Å². The molecule has 134 valence electrons. The van der Waals surface area contributed by atoms with Crippen LogP contribution in [-0.4, -0.2) is 36.4 Å². The Kier molecular flexibility index (Phi) is 5.63. The van der Waals surface area contributed by atoms with Crippen molar-refractivity contribution in [3.63, 3.8) is 0 Å². The second-order valence-corrected chi connectivity index (χ2v) is 6.16. The van der Waals surface area contributed by atoms with Gasteiger partial charge in [-0.15, -0.1) is 6.58 Å². The molecule has 1 saturated heterocycles. The Balaban J connectivity index is 1.65. The number of carbonyl (C=O) groups excluding carboxylic acids is 2. The van der Waals surface area contributed by atoms with E-state index in [1.54, 1.807) is 6.08 Å². The molecule has 0 saturated carbocycles. The summed E-state index contributed by atoms with van der Waals surface area (Å²) in [5.41, 5.74) is 2.55. The molecule has 1 aromatic heterocycles. The lowest BCUT2D eigenvalue weighted by Gasteiger charge is -2.17.